The van der Waals surface area contributed by atoms with E-state index in [0.29, 0.717) is 22.4 Å². The second kappa shape index (κ2) is 7.29. The second-order valence-corrected chi connectivity index (χ2v) is 5.65. The zero-order valence-corrected chi connectivity index (χ0v) is 13.7. The summed E-state index contributed by atoms with van der Waals surface area (Å²) >= 11 is 5.86. The Kier molecular flexibility index (Phi) is 4.92. The number of benzene rings is 2. The van der Waals surface area contributed by atoms with E-state index in [1.807, 2.05) is 12.1 Å². The molecule has 2 aromatic carbocycles. The summed E-state index contributed by atoms with van der Waals surface area (Å²) in [6.07, 6.45) is 0. The Morgan fingerprint density at radius 3 is 2.52 bits per heavy atom. The van der Waals surface area contributed by atoms with Crippen molar-refractivity contribution in [3.63, 3.8) is 0 Å². The molecule has 25 heavy (non-hydrogen) atoms. The topological polar surface area (TPSA) is 120 Å². The summed E-state index contributed by atoms with van der Waals surface area (Å²) in [5.74, 6) is 1.42. The number of nitrogens with two attached hydrogens (primary N) is 1. The van der Waals surface area contributed by atoms with E-state index in [9.17, 15) is 10.1 Å². The predicted molar refractivity (Wildman–Crippen MR) is 91.3 cm³/mol. The minimum atomic E-state index is -0.485. The van der Waals surface area contributed by atoms with E-state index in [-0.39, 0.29) is 12.3 Å². The van der Waals surface area contributed by atoms with Gasteiger partial charge in [0.2, 0.25) is 0 Å². The lowest BCUT2D eigenvalue weighted by Crippen LogP contribution is -2.13. The first-order valence-corrected chi connectivity index (χ1v) is 7.70. The highest BCUT2D eigenvalue weighted by atomic mass is 35.5. The van der Waals surface area contributed by atoms with E-state index in [1.165, 1.54) is 24.3 Å². The van der Waals surface area contributed by atoms with E-state index >= 15 is 0 Å². The number of nitro benzene ring substituents is 1. The molecule has 9 heteroatoms. The van der Waals surface area contributed by atoms with Crippen molar-refractivity contribution >= 4 is 17.3 Å². The largest absolute Gasteiger partial charge is 0.486 e. The van der Waals surface area contributed by atoms with E-state index < -0.39 is 11.0 Å². The lowest BCUT2D eigenvalue weighted by Gasteiger charge is -2.07. The number of nitrogens with one attached hydrogen (secondary N) is 1. The van der Waals surface area contributed by atoms with Gasteiger partial charge in [0.05, 0.1) is 11.0 Å². The minimum absolute atomic E-state index is 0.00300. The normalized spacial score (nSPS) is 11.9. The maximum atomic E-state index is 10.6. The van der Waals surface area contributed by atoms with E-state index in [0.717, 1.165) is 5.56 Å². The van der Waals surface area contributed by atoms with E-state index in [4.69, 9.17) is 22.1 Å². The van der Waals surface area contributed by atoms with Gasteiger partial charge < -0.3 is 10.5 Å². The van der Waals surface area contributed by atoms with Gasteiger partial charge in [0.25, 0.3) is 5.69 Å². The van der Waals surface area contributed by atoms with Crippen LogP contribution in [0.25, 0.3) is 0 Å². The predicted octanol–water partition coefficient (Wildman–Crippen LogP) is 2.99. The van der Waals surface area contributed by atoms with Crippen molar-refractivity contribution in [3.8, 4) is 5.75 Å². The third-order valence-electron chi connectivity index (χ3n) is 3.48. The van der Waals surface area contributed by atoms with Gasteiger partial charge in [0.1, 0.15) is 12.4 Å². The molecule has 0 fully saturated rings. The number of nitrogens with zero attached hydrogens (tertiary/aromatic N) is 3. The number of non-ortho nitro benzene ring substituents is 1. The van der Waals surface area contributed by atoms with E-state index in [1.54, 1.807) is 12.1 Å². The number of aromatic nitrogens is 3. The highest BCUT2D eigenvalue weighted by molar-refractivity contribution is 6.30. The molecule has 1 heterocycles. The monoisotopic (exact) mass is 359 g/mol. The first kappa shape index (κ1) is 16.9. The Morgan fingerprint density at radius 2 is 1.88 bits per heavy atom. The Bertz CT molecular complexity index is 864. The third-order valence-corrected chi connectivity index (χ3v) is 3.73. The van der Waals surface area contributed by atoms with Crippen LogP contribution in [-0.2, 0) is 6.61 Å². The smallest absolute Gasteiger partial charge is 0.269 e. The van der Waals surface area contributed by atoms with Crippen LogP contribution in [0.2, 0.25) is 5.02 Å². The van der Waals surface area contributed by atoms with Crippen LogP contribution in [0.1, 0.15) is 23.3 Å². The van der Waals surface area contributed by atoms with Crippen LogP contribution >= 0.6 is 11.6 Å². The molecule has 1 aromatic heterocycles. The Balaban J connectivity index is 1.63. The lowest BCUT2D eigenvalue weighted by atomic mass is 10.1. The Morgan fingerprint density at radius 1 is 1.20 bits per heavy atom. The molecule has 0 spiro atoms. The van der Waals surface area contributed by atoms with Crippen LogP contribution in [0.4, 0.5) is 5.69 Å². The lowest BCUT2D eigenvalue weighted by molar-refractivity contribution is -0.384. The molecule has 8 nitrogen and oxygen atoms in total. The summed E-state index contributed by atoms with van der Waals surface area (Å²) in [4.78, 5) is 14.5. The number of aromatic amines is 1. The third kappa shape index (κ3) is 4.11. The maximum Gasteiger partial charge on any atom is 0.269 e. The fourth-order valence-electron chi connectivity index (χ4n) is 2.15. The van der Waals surface area contributed by atoms with Crippen molar-refractivity contribution in [3.05, 3.63) is 80.9 Å². The summed E-state index contributed by atoms with van der Waals surface area (Å²) < 4.78 is 5.53. The molecule has 1 atom stereocenters. The zero-order chi connectivity index (χ0) is 17.8. The van der Waals surface area contributed by atoms with Gasteiger partial charge in [-0.15, -0.1) is 0 Å². The molecular formula is C16H14ClN5O3. The van der Waals surface area contributed by atoms with Crippen molar-refractivity contribution in [1.82, 2.24) is 15.2 Å². The highest BCUT2D eigenvalue weighted by Crippen LogP contribution is 2.20. The molecule has 0 bridgehead atoms. The molecule has 0 amide bonds. The molecule has 0 aliphatic heterocycles. The number of hydrogen-bond acceptors (Lipinski definition) is 6. The molecule has 3 rings (SSSR count). The van der Waals surface area contributed by atoms with Crippen LogP contribution in [-0.4, -0.2) is 20.1 Å². The minimum Gasteiger partial charge on any atom is -0.486 e. The molecule has 3 aromatic rings. The van der Waals surface area contributed by atoms with E-state index in [2.05, 4.69) is 15.2 Å². The summed E-state index contributed by atoms with van der Waals surface area (Å²) in [7, 11) is 0. The van der Waals surface area contributed by atoms with Gasteiger partial charge in [-0.2, -0.15) is 5.10 Å². The van der Waals surface area contributed by atoms with Gasteiger partial charge in [0.15, 0.2) is 11.6 Å². The molecule has 3 N–H and O–H groups in total. The number of ether oxygens (including phenoxy) is 1. The molecule has 0 aliphatic rings. The SMILES string of the molecule is NC(c1ccc(Cl)cc1)c1n[nH]c(COc2ccc([N+](=O)[O-])cc2)n1. The van der Waals surface area contributed by atoms with Crippen LogP contribution in [0.5, 0.6) is 5.75 Å². The fraction of sp³-hybridized carbons (Fsp3) is 0.125. The van der Waals surface area contributed by atoms with Gasteiger partial charge in [-0.1, -0.05) is 23.7 Å². The van der Waals surface area contributed by atoms with Crippen molar-refractivity contribution in [1.29, 1.82) is 0 Å². The number of halogens is 1. The van der Waals surface area contributed by atoms with Gasteiger partial charge >= 0.3 is 0 Å². The number of H-pyrrole nitrogens is 1. The van der Waals surface area contributed by atoms with Gasteiger partial charge in [0, 0.05) is 17.2 Å². The quantitative estimate of drug-likeness (QED) is 0.515. The summed E-state index contributed by atoms with van der Waals surface area (Å²) in [6, 6.07) is 12.4. The van der Waals surface area contributed by atoms with Crippen molar-refractivity contribution < 1.29 is 9.66 Å². The van der Waals surface area contributed by atoms with Crippen LogP contribution in [0.3, 0.4) is 0 Å². The number of nitro groups is 1. The van der Waals surface area contributed by atoms with Crippen LogP contribution in [0, 0.1) is 10.1 Å². The molecule has 0 saturated heterocycles. The standard InChI is InChI=1S/C16H14ClN5O3/c17-11-3-1-10(2-4-11)15(18)16-19-14(20-21-16)9-25-13-7-5-12(6-8-13)22(23)24/h1-8,15H,9,18H2,(H,19,20,21). The first-order chi connectivity index (χ1) is 12.0. The van der Waals surface area contributed by atoms with Gasteiger partial charge in [-0.3, -0.25) is 15.2 Å². The maximum absolute atomic E-state index is 10.6. The number of hydrogen-bond donors (Lipinski definition) is 2. The van der Waals surface area contributed by atoms with Gasteiger partial charge in [-0.05, 0) is 29.8 Å². The molecule has 0 saturated carbocycles. The summed E-state index contributed by atoms with van der Waals surface area (Å²) in [6.45, 7) is 0.137. The van der Waals surface area contributed by atoms with Crippen molar-refractivity contribution in [2.45, 2.75) is 12.6 Å². The van der Waals surface area contributed by atoms with Crippen molar-refractivity contribution in [2.75, 3.05) is 0 Å². The van der Waals surface area contributed by atoms with Gasteiger partial charge in [-0.25, -0.2) is 4.98 Å². The molecule has 1 unspecified atom stereocenters. The first-order valence-electron chi connectivity index (χ1n) is 7.32. The Hall–Kier alpha value is -2.97. The second-order valence-electron chi connectivity index (χ2n) is 5.21. The molecule has 0 radical (unpaired) electrons. The van der Waals surface area contributed by atoms with Crippen molar-refractivity contribution in [2.24, 2.45) is 5.73 Å². The Labute approximate surface area is 147 Å². The highest BCUT2D eigenvalue weighted by Gasteiger charge is 2.15. The average molecular weight is 360 g/mol. The summed E-state index contributed by atoms with van der Waals surface area (Å²) in [5.41, 5.74) is 6.98. The summed E-state index contributed by atoms with van der Waals surface area (Å²) in [5, 5.41) is 18.1. The number of rotatable bonds is 6. The average Bonchev–Trinajstić information content (AvgIpc) is 3.09. The van der Waals surface area contributed by atoms with Crippen LogP contribution in [0.15, 0.2) is 48.5 Å². The molecule has 128 valence electrons. The fourth-order valence-corrected chi connectivity index (χ4v) is 2.27. The van der Waals surface area contributed by atoms with Crippen LogP contribution < -0.4 is 10.5 Å². The zero-order valence-electron chi connectivity index (χ0n) is 12.9. The molecule has 0 aliphatic carbocycles. The molecular weight excluding hydrogens is 346 g/mol.